The standard InChI is InChI=1S/C12H16BrO2/c1-8(2)15-11-6-4-5-10(12(11)13)9(3)7-14/h4-6,8-9,14H,3,7H2,1-2H3. The van der Waals surface area contributed by atoms with Crippen LogP contribution in [0.2, 0.25) is 0 Å². The highest BCUT2D eigenvalue weighted by molar-refractivity contribution is 9.10. The summed E-state index contributed by atoms with van der Waals surface area (Å²) in [5.74, 6) is 0.666. The van der Waals surface area contributed by atoms with Gasteiger partial charge in [0.15, 0.2) is 0 Å². The van der Waals surface area contributed by atoms with E-state index in [-0.39, 0.29) is 18.6 Å². The lowest BCUT2D eigenvalue weighted by molar-refractivity contribution is 0.240. The molecule has 1 rings (SSSR count). The van der Waals surface area contributed by atoms with Crippen LogP contribution in [-0.4, -0.2) is 17.8 Å². The Bertz CT molecular complexity index is 323. The Hall–Kier alpha value is -0.540. The Labute approximate surface area is 99.4 Å². The van der Waals surface area contributed by atoms with Gasteiger partial charge in [-0.15, -0.1) is 0 Å². The fraction of sp³-hybridized carbons (Fsp3) is 0.417. The van der Waals surface area contributed by atoms with Crippen molar-refractivity contribution >= 4 is 15.9 Å². The second-order valence-corrected chi connectivity index (χ2v) is 4.50. The van der Waals surface area contributed by atoms with Crippen LogP contribution in [0, 0.1) is 6.92 Å². The molecule has 1 unspecified atom stereocenters. The fourth-order valence-corrected chi connectivity index (χ4v) is 1.97. The maximum atomic E-state index is 9.06. The van der Waals surface area contributed by atoms with Gasteiger partial charge in [-0.25, -0.2) is 0 Å². The van der Waals surface area contributed by atoms with Crippen molar-refractivity contribution in [1.82, 2.24) is 0 Å². The Morgan fingerprint density at radius 1 is 1.47 bits per heavy atom. The maximum absolute atomic E-state index is 9.06. The highest BCUT2D eigenvalue weighted by atomic mass is 79.9. The molecule has 15 heavy (non-hydrogen) atoms. The molecule has 2 nitrogen and oxygen atoms in total. The largest absolute Gasteiger partial charge is 0.490 e. The van der Waals surface area contributed by atoms with E-state index in [4.69, 9.17) is 9.84 Å². The molecule has 1 aromatic carbocycles. The summed E-state index contributed by atoms with van der Waals surface area (Å²) >= 11 is 3.48. The number of ether oxygens (including phenoxy) is 1. The smallest absolute Gasteiger partial charge is 0.134 e. The third-order valence-electron chi connectivity index (χ3n) is 2.02. The highest BCUT2D eigenvalue weighted by Crippen LogP contribution is 2.33. The second-order valence-electron chi connectivity index (χ2n) is 3.71. The second kappa shape index (κ2) is 5.52. The van der Waals surface area contributed by atoms with E-state index in [1.165, 1.54) is 0 Å². The van der Waals surface area contributed by atoms with Crippen molar-refractivity contribution in [3.05, 3.63) is 35.2 Å². The van der Waals surface area contributed by atoms with Crippen molar-refractivity contribution < 1.29 is 9.84 Å². The van der Waals surface area contributed by atoms with Crippen molar-refractivity contribution in [2.75, 3.05) is 6.61 Å². The topological polar surface area (TPSA) is 29.5 Å². The molecule has 1 N–H and O–H groups in total. The Morgan fingerprint density at radius 3 is 2.67 bits per heavy atom. The molecule has 0 aliphatic heterocycles. The maximum Gasteiger partial charge on any atom is 0.134 e. The predicted molar refractivity (Wildman–Crippen MR) is 65.1 cm³/mol. The summed E-state index contributed by atoms with van der Waals surface area (Å²) in [6, 6.07) is 5.74. The molecule has 0 aliphatic carbocycles. The first-order chi connectivity index (χ1) is 7.06. The normalized spacial score (nSPS) is 12.9. The molecule has 0 heterocycles. The quantitative estimate of drug-likeness (QED) is 0.912. The molecule has 0 aliphatic rings. The van der Waals surface area contributed by atoms with Crippen LogP contribution in [0.1, 0.15) is 25.3 Å². The third kappa shape index (κ3) is 3.21. The molecule has 83 valence electrons. The van der Waals surface area contributed by atoms with Gasteiger partial charge in [0.05, 0.1) is 10.6 Å². The molecule has 1 aromatic rings. The van der Waals surface area contributed by atoms with Gasteiger partial charge in [-0.05, 0) is 48.3 Å². The number of benzene rings is 1. The zero-order chi connectivity index (χ0) is 11.4. The first kappa shape index (κ1) is 12.5. The fourth-order valence-electron chi connectivity index (χ4n) is 1.29. The van der Waals surface area contributed by atoms with E-state index < -0.39 is 0 Å². The molecular weight excluding hydrogens is 256 g/mol. The van der Waals surface area contributed by atoms with Gasteiger partial charge in [-0.2, -0.15) is 0 Å². The van der Waals surface area contributed by atoms with Crippen LogP contribution in [0.15, 0.2) is 22.7 Å². The first-order valence-electron chi connectivity index (χ1n) is 4.95. The number of halogens is 1. The summed E-state index contributed by atoms with van der Waals surface area (Å²) in [7, 11) is 0. The molecule has 0 amide bonds. The zero-order valence-electron chi connectivity index (χ0n) is 9.03. The van der Waals surface area contributed by atoms with Crippen molar-refractivity contribution in [1.29, 1.82) is 0 Å². The van der Waals surface area contributed by atoms with Gasteiger partial charge < -0.3 is 9.84 Å². The summed E-state index contributed by atoms with van der Waals surface area (Å²) in [6.07, 6.45) is 0.133. The Kier molecular flexibility index (Phi) is 4.61. The number of aliphatic hydroxyl groups excluding tert-OH is 1. The van der Waals surface area contributed by atoms with Gasteiger partial charge >= 0.3 is 0 Å². The lowest BCUT2D eigenvalue weighted by Crippen LogP contribution is -2.08. The summed E-state index contributed by atoms with van der Waals surface area (Å²) in [6.45, 7) is 7.86. The molecular formula is C12H16BrO2. The number of rotatable bonds is 4. The van der Waals surface area contributed by atoms with Crippen LogP contribution in [0.4, 0.5) is 0 Å². The van der Waals surface area contributed by atoms with Crippen LogP contribution in [-0.2, 0) is 0 Å². The number of aliphatic hydroxyl groups is 1. The van der Waals surface area contributed by atoms with E-state index >= 15 is 0 Å². The van der Waals surface area contributed by atoms with Crippen LogP contribution in [0.3, 0.4) is 0 Å². The summed E-state index contributed by atoms with van der Waals surface area (Å²) in [4.78, 5) is 0. The van der Waals surface area contributed by atoms with Crippen LogP contribution in [0.5, 0.6) is 5.75 Å². The molecule has 0 fully saturated rings. The Balaban J connectivity index is 3.00. The van der Waals surface area contributed by atoms with E-state index in [1.807, 2.05) is 32.0 Å². The zero-order valence-corrected chi connectivity index (χ0v) is 10.6. The minimum absolute atomic E-state index is 0.0315. The minimum Gasteiger partial charge on any atom is -0.490 e. The molecule has 0 bridgehead atoms. The molecule has 0 saturated carbocycles. The molecule has 1 atom stereocenters. The number of hydrogen-bond donors (Lipinski definition) is 1. The van der Waals surface area contributed by atoms with Crippen molar-refractivity contribution in [3.8, 4) is 5.75 Å². The average Bonchev–Trinajstić information content (AvgIpc) is 2.19. The van der Waals surface area contributed by atoms with E-state index in [2.05, 4.69) is 22.9 Å². The molecule has 0 saturated heterocycles. The average molecular weight is 272 g/mol. The lowest BCUT2D eigenvalue weighted by atomic mass is 10.0. The number of hydrogen-bond acceptors (Lipinski definition) is 2. The van der Waals surface area contributed by atoms with Gasteiger partial charge in [0, 0.05) is 12.5 Å². The van der Waals surface area contributed by atoms with Crippen molar-refractivity contribution in [2.45, 2.75) is 25.9 Å². The predicted octanol–water partition coefficient (Wildman–Crippen LogP) is 3.15. The van der Waals surface area contributed by atoms with Gasteiger partial charge in [0.1, 0.15) is 5.75 Å². The van der Waals surface area contributed by atoms with Gasteiger partial charge in [0.25, 0.3) is 0 Å². The van der Waals surface area contributed by atoms with E-state index in [0.29, 0.717) is 0 Å². The Morgan fingerprint density at radius 2 is 2.13 bits per heavy atom. The third-order valence-corrected chi connectivity index (χ3v) is 2.86. The van der Waals surface area contributed by atoms with Crippen molar-refractivity contribution in [3.63, 3.8) is 0 Å². The summed E-state index contributed by atoms with van der Waals surface area (Å²) < 4.78 is 6.51. The SMILES string of the molecule is [CH2]C(CO)c1cccc(OC(C)C)c1Br. The van der Waals surface area contributed by atoms with Crippen molar-refractivity contribution in [2.24, 2.45) is 0 Å². The summed E-state index contributed by atoms with van der Waals surface area (Å²) in [5.41, 5.74) is 0.968. The van der Waals surface area contributed by atoms with Gasteiger partial charge in [-0.3, -0.25) is 0 Å². The molecule has 3 heteroatoms. The lowest BCUT2D eigenvalue weighted by Gasteiger charge is -2.16. The van der Waals surface area contributed by atoms with E-state index in [9.17, 15) is 0 Å². The first-order valence-corrected chi connectivity index (χ1v) is 5.74. The van der Waals surface area contributed by atoms with Crippen LogP contribution < -0.4 is 4.74 Å². The molecule has 1 radical (unpaired) electrons. The van der Waals surface area contributed by atoms with Gasteiger partial charge in [-0.1, -0.05) is 12.1 Å². The van der Waals surface area contributed by atoms with Gasteiger partial charge in [0.2, 0.25) is 0 Å². The highest BCUT2D eigenvalue weighted by Gasteiger charge is 2.12. The van der Waals surface area contributed by atoms with E-state index in [0.717, 1.165) is 15.8 Å². The van der Waals surface area contributed by atoms with Crippen LogP contribution in [0.25, 0.3) is 0 Å². The summed E-state index contributed by atoms with van der Waals surface area (Å²) in [5, 5.41) is 9.06. The molecule has 0 aromatic heterocycles. The monoisotopic (exact) mass is 271 g/mol. The molecule has 0 spiro atoms. The van der Waals surface area contributed by atoms with Crippen LogP contribution >= 0.6 is 15.9 Å². The minimum atomic E-state index is -0.130. The van der Waals surface area contributed by atoms with E-state index in [1.54, 1.807) is 0 Å².